The lowest BCUT2D eigenvalue weighted by Crippen LogP contribution is -2.52. The highest BCUT2D eigenvalue weighted by Crippen LogP contribution is 2.23. The van der Waals surface area contributed by atoms with E-state index in [1.165, 1.54) is 0 Å². The summed E-state index contributed by atoms with van der Waals surface area (Å²) in [6.07, 6.45) is 0. The minimum Gasteiger partial charge on any atom is -0.368 e. The number of aryl methyl sites for hydroxylation is 2. The summed E-state index contributed by atoms with van der Waals surface area (Å²) in [5.41, 5.74) is 7.94. The van der Waals surface area contributed by atoms with Gasteiger partial charge in [0, 0.05) is 6.04 Å². The van der Waals surface area contributed by atoms with Crippen molar-refractivity contribution in [2.24, 2.45) is 5.73 Å². The molecule has 0 aliphatic carbocycles. The molecule has 0 saturated carbocycles. The maximum absolute atomic E-state index is 11.7. The summed E-state index contributed by atoms with van der Waals surface area (Å²) in [5.74, 6) is -0.351. The Morgan fingerprint density at radius 2 is 1.71 bits per heavy atom. The number of primary amides is 1. The monoisotopic (exact) mass is 234 g/mol. The first kappa shape index (κ1) is 13.7. The molecule has 0 saturated heterocycles. The lowest BCUT2D eigenvalue weighted by Gasteiger charge is -2.31. The Hall–Kier alpha value is -1.35. The average Bonchev–Trinajstić information content (AvgIpc) is 2.14. The van der Waals surface area contributed by atoms with Crippen LogP contribution in [0.5, 0.6) is 0 Å². The van der Waals surface area contributed by atoms with Gasteiger partial charge in [-0.25, -0.2) is 0 Å². The molecule has 3 N–H and O–H groups in total. The van der Waals surface area contributed by atoms with E-state index in [4.69, 9.17) is 5.73 Å². The number of carbonyl (C=O) groups excluding carboxylic acids is 1. The van der Waals surface area contributed by atoms with Gasteiger partial charge in [-0.3, -0.25) is 10.1 Å². The molecule has 0 aliphatic heterocycles. The van der Waals surface area contributed by atoms with Crippen molar-refractivity contribution in [3.63, 3.8) is 0 Å². The molecule has 17 heavy (non-hydrogen) atoms. The van der Waals surface area contributed by atoms with E-state index in [1.54, 1.807) is 0 Å². The smallest absolute Gasteiger partial charge is 0.242 e. The largest absolute Gasteiger partial charge is 0.368 e. The van der Waals surface area contributed by atoms with Gasteiger partial charge in [0.25, 0.3) is 0 Å². The lowest BCUT2D eigenvalue weighted by molar-refractivity contribution is -0.124. The van der Waals surface area contributed by atoms with Crippen LogP contribution in [-0.4, -0.2) is 11.9 Å². The predicted molar refractivity (Wildman–Crippen MR) is 70.7 cm³/mol. The third-order valence-corrected chi connectivity index (χ3v) is 2.87. The van der Waals surface area contributed by atoms with E-state index >= 15 is 0 Å². The van der Waals surface area contributed by atoms with Gasteiger partial charge in [0.1, 0.15) is 5.54 Å². The highest BCUT2D eigenvalue weighted by atomic mass is 16.1. The highest BCUT2D eigenvalue weighted by Gasteiger charge is 2.33. The van der Waals surface area contributed by atoms with Crippen molar-refractivity contribution in [2.75, 3.05) is 0 Å². The quantitative estimate of drug-likeness (QED) is 0.837. The SMILES string of the molecule is Cc1cc(C)cc(C(C)(NC(C)C)C(N)=O)c1. The molecule has 0 fully saturated rings. The van der Waals surface area contributed by atoms with Crippen LogP contribution in [0.4, 0.5) is 0 Å². The second kappa shape index (κ2) is 4.88. The molecule has 1 rings (SSSR count). The Labute approximate surface area is 103 Å². The number of carbonyl (C=O) groups is 1. The standard InChI is InChI=1S/C14H22N2O/c1-9(2)16-14(5,13(15)17)12-7-10(3)6-11(4)8-12/h6-9,16H,1-5H3,(H2,15,17). The van der Waals surface area contributed by atoms with Crippen LogP contribution in [0, 0.1) is 13.8 Å². The fraction of sp³-hybridized carbons (Fsp3) is 0.500. The second-order valence-electron chi connectivity index (χ2n) is 5.16. The summed E-state index contributed by atoms with van der Waals surface area (Å²) in [4.78, 5) is 11.7. The Balaban J connectivity index is 3.26. The van der Waals surface area contributed by atoms with Crippen molar-refractivity contribution in [1.82, 2.24) is 5.32 Å². The number of nitrogens with one attached hydrogen (secondary N) is 1. The van der Waals surface area contributed by atoms with Crippen molar-refractivity contribution >= 4 is 5.91 Å². The summed E-state index contributed by atoms with van der Waals surface area (Å²) in [6, 6.07) is 6.29. The molecule has 0 aliphatic rings. The maximum atomic E-state index is 11.7. The van der Waals surface area contributed by atoms with E-state index in [0.29, 0.717) is 0 Å². The zero-order valence-corrected chi connectivity index (χ0v) is 11.3. The van der Waals surface area contributed by atoms with Gasteiger partial charge in [-0.1, -0.05) is 29.3 Å². The van der Waals surface area contributed by atoms with Crippen molar-refractivity contribution in [3.8, 4) is 0 Å². The molecule has 0 radical (unpaired) electrons. The first-order chi connectivity index (χ1) is 7.75. The normalized spacial score (nSPS) is 14.7. The van der Waals surface area contributed by atoms with Crippen LogP contribution in [0.2, 0.25) is 0 Å². The van der Waals surface area contributed by atoms with Crippen LogP contribution in [0.3, 0.4) is 0 Å². The Kier molecular flexibility index (Phi) is 3.94. The van der Waals surface area contributed by atoms with Crippen LogP contribution in [-0.2, 0) is 10.3 Å². The third-order valence-electron chi connectivity index (χ3n) is 2.87. The van der Waals surface area contributed by atoms with Crippen LogP contribution in [0.25, 0.3) is 0 Å². The minimum absolute atomic E-state index is 0.188. The first-order valence-corrected chi connectivity index (χ1v) is 5.92. The van der Waals surface area contributed by atoms with E-state index in [1.807, 2.05) is 46.8 Å². The van der Waals surface area contributed by atoms with Gasteiger partial charge in [-0.2, -0.15) is 0 Å². The minimum atomic E-state index is -0.815. The van der Waals surface area contributed by atoms with Gasteiger partial charge in [-0.15, -0.1) is 0 Å². The molecule has 3 heteroatoms. The molecule has 1 amide bonds. The number of rotatable bonds is 4. The summed E-state index contributed by atoms with van der Waals surface area (Å²) < 4.78 is 0. The van der Waals surface area contributed by atoms with Crippen LogP contribution in [0.1, 0.15) is 37.5 Å². The zero-order chi connectivity index (χ0) is 13.2. The number of benzene rings is 1. The van der Waals surface area contributed by atoms with Gasteiger partial charge in [0.15, 0.2) is 0 Å². The third kappa shape index (κ3) is 3.07. The van der Waals surface area contributed by atoms with E-state index in [2.05, 4.69) is 11.4 Å². The zero-order valence-electron chi connectivity index (χ0n) is 11.3. The van der Waals surface area contributed by atoms with E-state index in [9.17, 15) is 4.79 Å². The van der Waals surface area contributed by atoms with Crippen LogP contribution in [0.15, 0.2) is 18.2 Å². The fourth-order valence-corrected chi connectivity index (χ4v) is 2.14. The molecular formula is C14H22N2O. The van der Waals surface area contributed by atoms with Gasteiger partial charge >= 0.3 is 0 Å². The number of hydrogen-bond acceptors (Lipinski definition) is 2. The molecule has 1 atom stereocenters. The molecule has 3 nitrogen and oxygen atoms in total. The maximum Gasteiger partial charge on any atom is 0.242 e. The highest BCUT2D eigenvalue weighted by molar-refractivity contribution is 5.85. The molecular weight excluding hydrogens is 212 g/mol. The molecule has 0 spiro atoms. The summed E-state index contributed by atoms with van der Waals surface area (Å²) in [5, 5.41) is 3.25. The van der Waals surface area contributed by atoms with Crippen molar-refractivity contribution in [3.05, 3.63) is 34.9 Å². The molecule has 1 aromatic rings. The van der Waals surface area contributed by atoms with E-state index in [-0.39, 0.29) is 11.9 Å². The molecule has 1 aromatic carbocycles. The number of amides is 1. The predicted octanol–water partition coefficient (Wildman–Crippen LogP) is 2.00. The van der Waals surface area contributed by atoms with Crippen molar-refractivity contribution in [1.29, 1.82) is 0 Å². The van der Waals surface area contributed by atoms with Gasteiger partial charge < -0.3 is 5.73 Å². The molecule has 0 aromatic heterocycles. The van der Waals surface area contributed by atoms with Gasteiger partial charge in [0.2, 0.25) is 5.91 Å². The van der Waals surface area contributed by atoms with E-state index < -0.39 is 5.54 Å². The summed E-state index contributed by atoms with van der Waals surface area (Å²) in [6.45, 7) is 9.89. The Bertz CT molecular complexity index is 406. The number of nitrogens with two attached hydrogens (primary N) is 1. The van der Waals surface area contributed by atoms with Gasteiger partial charge in [0.05, 0.1) is 0 Å². The Morgan fingerprint density at radius 1 is 1.24 bits per heavy atom. The lowest BCUT2D eigenvalue weighted by atomic mass is 9.88. The molecule has 0 bridgehead atoms. The van der Waals surface area contributed by atoms with E-state index in [0.717, 1.165) is 16.7 Å². The first-order valence-electron chi connectivity index (χ1n) is 5.92. The van der Waals surface area contributed by atoms with Crippen molar-refractivity contribution < 1.29 is 4.79 Å². The van der Waals surface area contributed by atoms with Crippen LogP contribution >= 0.6 is 0 Å². The fourth-order valence-electron chi connectivity index (χ4n) is 2.14. The average molecular weight is 234 g/mol. The van der Waals surface area contributed by atoms with Crippen molar-refractivity contribution in [2.45, 2.75) is 46.2 Å². The molecule has 94 valence electrons. The Morgan fingerprint density at radius 3 is 2.06 bits per heavy atom. The topological polar surface area (TPSA) is 55.1 Å². The summed E-state index contributed by atoms with van der Waals surface area (Å²) in [7, 11) is 0. The number of hydrogen-bond donors (Lipinski definition) is 2. The van der Waals surface area contributed by atoms with Crippen LogP contribution < -0.4 is 11.1 Å². The summed E-state index contributed by atoms with van der Waals surface area (Å²) >= 11 is 0. The second-order valence-corrected chi connectivity index (χ2v) is 5.16. The van der Waals surface area contributed by atoms with Gasteiger partial charge in [-0.05, 0) is 40.2 Å². The molecule has 1 unspecified atom stereocenters. The molecule has 0 heterocycles.